The molecule has 8 heteroatoms. The first-order valence-corrected chi connectivity index (χ1v) is 12.3. The normalized spacial score (nSPS) is 17.7. The number of rotatable bonds is 5. The number of piperazine rings is 1. The van der Waals surface area contributed by atoms with Gasteiger partial charge in [-0.25, -0.2) is 8.42 Å². The highest BCUT2D eigenvalue weighted by Crippen LogP contribution is 2.41. The summed E-state index contributed by atoms with van der Waals surface area (Å²) in [6.07, 6.45) is 0. The van der Waals surface area contributed by atoms with Crippen LogP contribution in [0.3, 0.4) is 0 Å². The van der Waals surface area contributed by atoms with E-state index in [0.29, 0.717) is 16.8 Å². The fourth-order valence-electron chi connectivity index (χ4n) is 4.61. The molecule has 0 bridgehead atoms. The van der Waals surface area contributed by atoms with E-state index in [1.165, 1.54) is 4.31 Å². The summed E-state index contributed by atoms with van der Waals surface area (Å²) in [7, 11) is -3.77. The zero-order valence-corrected chi connectivity index (χ0v) is 18.8. The lowest BCUT2D eigenvalue weighted by atomic mass is 10.1. The van der Waals surface area contributed by atoms with E-state index in [0.717, 1.165) is 43.8 Å². The van der Waals surface area contributed by atoms with Crippen LogP contribution in [0.15, 0.2) is 65.6 Å². The third-order valence-corrected chi connectivity index (χ3v) is 8.11. The average molecular weight is 451 g/mol. The molecular formula is C24H26N4O3S. The molecule has 7 nitrogen and oxygen atoms in total. The van der Waals surface area contributed by atoms with Gasteiger partial charge in [-0.3, -0.25) is 9.10 Å². The van der Waals surface area contributed by atoms with Crippen LogP contribution in [0.5, 0.6) is 0 Å². The van der Waals surface area contributed by atoms with Gasteiger partial charge in [0.05, 0.1) is 22.0 Å². The molecule has 0 atom stereocenters. The molecule has 1 saturated heterocycles. The van der Waals surface area contributed by atoms with Crippen LogP contribution in [0.4, 0.5) is 17.1 Å². The Morgan fingerprint density at radius 3 is 2.34 bits per heavy atom. The maximum atomic E-state index is 13.2. The number of nitrogens with zero attached hydrogens (tertiary/aromatic N) is 3. The summed E-state index contributed by atoms with van der Waals surface area (Å²) in [5.41, 5.74) is 2.22. The van der Waals surface area contributed by atoms with Gasteiger partial charge in [-0.2, -0.15) is 0 Å². The summed E-state index contributed by atoms with van der Waals surface area (Å²) in [5, 5.41) is 4.48. The fourth-order valence-corrected chi connectivity index (χ4v) is 6.28. The van der Waals surface area contributed by atoms with Gasteiger partial charge in [0, 0.05) is 31.6 Å². The number of hydrogen-bond donors (Lipinski definition) is 1. The lowest BCUT2D eigenvalue weighted by Gasteiger charge is -2.36. The number of hydrogen-bond acceptors (Lipinski definition) is 5. The van der Waals surface area contributed by atoms with Gasteiger partial charge in [0.25, 0.3) is 10.0 Å². The lowest BCUT2D eigenvalue weighted by Crippen LogP contribution is -2.46. The van der Waals surface area contributed by atoms with Crippen LogP contribution in [-0.4, -0.2) is 58.5 Å². The molecule has 0 aliphatic carbocycles. The van der Waals surface area contributed by atoms with Gasteiger partial charge in [0.1, 0.15) is 6.54 Å². The Bertz CT molecular complexity index is 1280. The molecule has 5 rings (SSSR count). The van der Waals surface area contributed by atoms with E-state index in [2.05, 4.69) is 22.0 Å². The van der Waals surface area contributed by atoms with Gasteiger partial charge < -0.3 is 15.1 Å². The molecule has 1 amide bonds. The van der Waals surface area contributed by atoms with E-state index in [4.69, 9.17) is 0 Å². The highest BCUT2D eigenvalue weighted by atomic mass is 32.2. The number of carbonyl (C=O) groups is 1. The van der Waals surface area contributed by atoms with Crippen LogP contribution in [0.2, 0.25) is 0 Å². The second kappa shape index (κ2) is 8.11. The van der Waals surface area contributed by atoms with E-state index >= 15 is 0 Å². The third kappa shape index (κ3) is 3.49. The molecule has 0 unspecified atom stereocenters. The topological polar surface area (TPSA) is 73.0 Å². The monoisotopic (exact) mass is 450 g/mol. The van der Waals surface area contributed by atoms with Gasteiger partial charge in [-0.1, -0.05) is 43.3 Å². The largest absolute Gasteiger partial charge is 0.367 e. The molecule has 166 valence electrons. The van der Waals surface area contributed by atoms with Crippen molar-refractivity contribution in [1.82, 2.24) is 4.90 Å². The second-order valence-corrected chi connectivity index (χ2v) is 9.96. The van der Waals surface area contributed by atoms with Crippen LogP contribution >= 0.6 is 0 Å². The Kier molecular flexibility index (Phi) is 5.27. The van der Waals surface area contributed by atoms with E-state index < -0.39 is 10.0 Å². The Balaban J connectivity index is 1.37. The van der Waals surface area contributed by atoms with Crippen LogP contribution in [-0.2, 0) is 14.8 Å². The first-order chi connectivity index (χ1) is 15.5. The van der Waals surface area contributed by atoms with Crippen molar-refractivity contribution in [2.45, 2.75) is 11.8 Å². The van der Waals surface area contributed by atoms with Crippen molar-refractivity contribution in [3.8, 4) is 0 Å². The molecule has 32 heavy (non-hydrogen) atoms. The van der Waals surface area contributed by atoms with Crippen molar-refractivity contribution < 1.29 is 13.2 Å². The molecule has 3 aromatic rings. The number of amides is 1. The molecule has 3 aromatic carbocycles. The lowest BCUT2D eigenvalue weighted by molar-refractivity contribution is -0.114. The Hall–Kier alpha value is -3.10. The third-order valence-electron chi connectivity index (χ3n) is 6.31. The van der Waals surface area contributed by atoms with Gasteiger partial charge >= 0.3 is 0 Å². The van der Waals surface area contributed by atoms with E-state index in [-0.39, 0.29) is 17.3 Å². The molecule has 0 radical (unpaired) electrons. The number of para-hydroxylation sites is 2. The standard InChI is InChI=1S/C24H26N4O3S/c1-2-26-13-15-27(16-14-26)20-10-4-3-9-19(20)25-23(29)17-28-21-11-5-7-18-8-6-12-22(24(18)21)32(28,30)31/h3-12H,2,13-17H2,1H3,(H,25,29). The Morgan fingerprint density at radius 1 is 0.906 bits per heavy atom. The van der Waals surface area contributed by atoms with Crippen molar-refractivity contribution in [3.05, 3.63) is 60.7 Å². The molecule has 2 aliphatic heterocycles. The van der Waals surface area contributed by atoms with Crippen LogP contribution < -0.4 is 14.5 Å². The SMILES string of the molecule is CCN1CCN(c2ccccc2NC(=O)CN2c3cccc4cccc(c34)S2(=O)=O)CC1. The van der Waals surface area contributed by atoms with Crippen molar-refractivity contribution in [1.29, 1.82) is 0 Å². The molecule has 0 saturated carbocycles. The number of carbonyl (C=O) groups excluding carboxylic acids is 1. The molecule has 2 heterocycles. The van der Waals surface area contributed by atoms with Crippen molar-refractivity contribution in [2.24, 2.45) is 0 Å². The number of nitrogens with one attached hydrogen (secondary N) is 1. The molecule has 2 aliphatic rings. The zero-order chi connectivity index (χ0) is 22.3. The van der Waals surface area contributed by atoms with Crippen LogP contribution in [0, 0.1) is 0 Å². The quantitative estimate of drug-likeness (QED) is 0.647. The maximum Gasteiger partial charge on any atom is 0.265 e. The minimum atomic E-state index is -3.77. The van der Waals surface area contributed by atoms with Crippen molar-refractivity contribution in [3.63, 3.8) is 0 Å². The molecular weight excluding hydrogens is 424 g/mol. The van der Waals surface area contributed by atoms with Gasteiger partial charge in [0.15, 0.2) is 0 Å². The van der Waals surface area contributed by atoms with Crippen LogP contribution in [0.1, 0.15) is 6.92 Å². The minimum absolute atomic E-state index is 0.257. The summed E-state index contributed by atoms with van der Waals surface area (Å²) < 4.78 is 27.5. The van der Waals surface area contributed by atoms with E-state index in [9.17, 15) is 13.2 Å². The number of sulfonamides is 1. The summed E-state index contributed by atoms with van der Waals surface area (Å²) >= 11 is 0. The summed E-state index contributed by atoms with van der Waals surface area (Å²) in [5.74, 6) is -0.363. The van der Waals surface area contributed by atoms with E-state index in [1.807, 2.05) is 42.5 Å². The molecule has 0 aromatic heterocycles. The summed E-state index contributed by atoms with van der Waals surface area (Å²) in [6.45, 7) is 6.66. The van der Waals surface area contributed by atoms with Crippen LogP contribution in [0.25, 0.3) is 10.8 Å². The fraction of sp³-hybridized carbons (Fsp3) is 0.292. The highest BCUT2D eigenvalue weighted by molar-refractivity contribution is 7.93. The zero-order valence-electron chi connectivity index (χ0n) is 18.0. The van der Waals surface area contributed by atoms with Gasteiger partial charge in [0.2, 0.25) is 5.91 Å². The van der Waals surface area contributed by atoms with Crippen molar-refractivity contribution in [2.75, 3.05) is 53.8 Å². The summed E-state index contributed by atoms with van der Waals surface area (Å²) in [4.78, 5) is 17.9. The number of benzene rings is 3. The first kappa shape index (κ1) is 20.8. The Labute approximate surface area is 188 Å². The van der Waals surface area contributed by atoms with Gasteiger partial charge in [-0.15, -0.1) is 0 Å². The molecule has 1 fully saturated rings. The minimum Gasteiger partial charge on any atom is -0.367 e. The highest BCUT2D eigenvalue weighted by Gasteiger charge is 2.36. The first-order valence-electron chi connectivity index (χ1n) is 10.9. The summed E-state index contributed by atoms with van der Waals surface area (Å²) in [6, 6.07) is 18.4. The number of likely N-dealkylation sites (N-methyl/N-ethyl adjacent to an activating group) is 1. The predicted molar refractivity (Wildman–Crippen MR) is 128 cm³/mol. The molecule has 0 spiro atoms. The van der Waals surface area contributed by atoms with E-state index in [1.54, 1.807) is 18.2 Å². The average Bonchev–Trinajstić information content (AvgIpc) is 3.03. The predicted octanol–water partition coefficient (Wildman–Crippen LogP) is 3.13. The maximum absolute atomic E-state index is 13.2. The second-order valence-electron chi connectivity index (χ2n) is 8.13. The number of anilines is 3. The smallest absolute Gasteiger partial charge is 0.265 e. The van der Waals surface area contributed by atoms with Crippen molar-refractivity contribution >= 4 is 43.8 Å². The Morgan fingerprint density at radius 2 is 1.59 bits per heavy atom. The van der Waals surface area contributed by atoms with Gasteiger partial charge in [-0.05, 0) is 36.2 Å². The molecule has 1 N–H and O–H groups in total.